The van der Waals surface area contributed by atoms with Gasteiger partial charge in [0.2, 0.25) is 5.91 Å². The predicted octanol–water partition coefficient (Wildman–Crippen LogP) is 3.09. The van der Waals surface area contributed by atoms with Gasteiger partial charge in [0.1, 0.15) is 5.82 Å². The van der Waals surface area contributed by atoms with Crippen molar-refractivity contribution in [2.24, 2.45) is 5.92 Å². The van der Waals surface area contributed by atoms with Gasteiger partial charge in [-0.15, -0.1) is 0 Å². The van der Waals surface area contributed by atoms with Crippen molar-refractivity contribution < 1.29 is 9.18 Å². The van der Waals surface area contributed by atoms with Crippen molar-refractivity contribution in [3.63, 3.8) is 0 Å². The lowest BCUT2D eigenvalue weighted by molar-refractivity contribution is -0.127. The summed E-state index contributed by atoms with van der Waals surface area (Å²) in [4.78, 5) is 17.3. The Morgan fingerprint density at radius 2 is 1.93 bits per heavy atom. The summed E-state index contributed by atoms with van der Waals surface area (Å²) in [5.41, 5.74) is 1.77. The first-order valence-corrected chi connectivity index (χ1v) is 10.6. The smallest absolute Gasteiger partial charge is 0.224 e. The van der Waals surface area contributed by atoms with E-state index in [4.69, 9.17) is 0 Å². The van der Waals surface area contributed by atoms with E-state index in [1.807, 2.05) is 19.1 Å². The maximum atomic E-state index is 14.1. The number of amides is 1. The fourth-order valence-corrected chi connectivity index (χ4v) is 4.56. The third-order valence-electron chi connectivity index (χ3n) is 6.42. The van der Waals surface area contributed by atoms with Crippen LogP contribution in [0.5, 0.6) is 0 Å². The molecule has 1 aliphatic carbocycles. The lowest BCUT2D eigenvalue weighted by atomic mass is 9.93. The molecule has 2 aliphatic heterocycles. The molecule has 0 spiro atoms. The number of carbonyl (C=O) groups is 1. The van der Waals surface area contributed by atoms with E-state index in [1.165, 1.54) is 0 Å². The van der Waals surface area contributed by atoms with Crippen LogP contribution in [-0.4, -0.2) is 54.0 Å². The molecule has 5 heteroatoms. The molecule has 2 heterocycles. The molecule has 3 aliphatic rings. The second-order valence-electron chi connectivity index (χ2n) is 8.72. The van der Waals surface area contributed by atoms with Gasteiger partial charge >= 0.3 is 0 Å². The number of benzene rings is 1. The predicted molar refractivity (Wildman–Crippen MR) is 105 cm³/mol. The van der Waals surface area contributed by atoms with E-state index in [9.17, 15) is 9.18 Å². The lowest BCUT2D eigenvalue weighted by Gasteiger charge is -2.42. The molecule has 3 fully saturated rings. The van der Waals surface area contributed by atoms with Crippen LogP contribution in [0.4, 0.5) is 4.39 Å². The molecule has 4 rings (SSSR count). The Morgan fingerprint density at radius 1 is 1.15 bits per heavy atom. The molecule has 1 N–H and O–H groups in total. The summed E-state index contributed by atoms with van der Waals surface area (Å²) >= 11 is 0. The molecule has 2 saturated heterocycles. The van der Waals surface area contributed by atoms with Crippen LogP contribution in [0.3, 0.4) is 0 Å². The minimum Gasteiger partial charge on any atom is -0.353 e. The molecule has 1 aromatic rings. The molecule has 1 amide bonds. The van der Waals surface area contributed by atoms with Gasteiger partial charge in [0.15, 0.2) is 0 Å². The molecular formula is C22H32FN3O. The number of aryl methyl sites for hydroxylation is 1. The highest BCUT2D eigenvalue weighted by Gasteiger charge is 2.33. The summed E-state index contributed by atoms with van der Waals surface area (Å²) in [7, 11) is 0. The zero-order valence-corrected chi connectivity index (χ0v) is 16.4. The van der Waals surface area contributed by atoms with Crippen LogP contribution < -0.4 is 5.32 Å². The number of nitrogens with zero attached hydrogens (tertiary/aromatic N) is 2. The standard InChI is InChI=1S/C22H32FN3O/c1-16-4-5-17(21(23)13-16)14-25-11-8-20(9-12-25)26-10-2-3-18(15-26)22(27)24-19-6-7-19/h4-5,13,18-20H,2-3,6-12,14-15H2,1H3,(H,24,27). The van der Waals surface area contributed by atoms with E-state index >= 15 is 0 Å². The Balaban J connectivity index is 1.26. The van der Waals surface area contributed by atoms with Gasteiger partial charge in [0.25, 0.3) is 0 Å². The quantitative estimate of drug-likeness (QED) is 0.862. The van der Waals surface area contributed by atoms with Crippen LogP contribution >= 0.6 is 0 Å². The van der Waals surface area contributed by atoms with E-state index in [2.05, 4.69) is 15.1 Å². The first-order valence-electron chi connectivity index (χ1n) is 10.6. The minimum absolute atomic E-state index is 0.0855. The Morgan fingerprint density at radius 3 is 2.63 bits per heavy atom. The summed E-state index contributed by atoms with van der Waals surface area (Å²) in [6.45, 7) is 6.67. The molecule has 1 saturated carbocycles. The van der Waals surface area contributed by atoms with Crippen molar-refractivity contribution in [3.8, 4) is 0 Å². The molecule has 0 aromatic heterocycles. The van der Waals surface area contributed by atoms with Crippen LogP contribution in [0.2, 0.25) is 0 Å². The van der Waals surface area contributed by atoms with Crippen LogP contribution in [0, 0.1) is 18.7 Å². The molecule has 148 valence electrons. The molecule has 1 aromatic carbocycles. The van der Waals surface area contributed by atoms with E-state index in [1.54, 1.807) is 6.07 Å². The number of nitrogens with one attached hydrogen (secondary N) is 1. The molecular weight excluding hydrogens is 341 g/mol. The Hall–Kier alpha value is -1.46. The van der Waals surface area contributed by atoms with Crippen LogP contribution in [0.25, 0.3) is 0 Å². The summed E-state index contributed by atoms with van der Waals surface area (Å²) in [6, 6.07) is 6.57. The van der Waals surface area contributed by atoms with Crippen molar-refractivity contribution in [2.75, 3.05) is 26.2 Å². The van der Waals surface area contributed by atoms with Gasteiger partial charge in [-0.25, -0.2) is 4.39 Å². The van der Waals surface area contributed by atoms with Crippen molar-refractivity contribution in [1.29, 1.82) is 0 Å². The number of carbonyl (C=O) groups excluding carboxylic acids is 1. The fraction of sp³-hybridized carbons (Fsp3) is 0.682. The first kappa shape index (κ1) is 18.9. The van der Waals surface area contributed by atoms with Crippen LogP contribution in [0.1, 0.15) is 49.7 Å². The van der Waals surface area contributed by atoms with Crippen molar-refractivity contribution in [2.45, 2.75) is 64.1 Å². The van der Waals surface area contributed by atoms with Gasteiger partial charge in [-0.3, -0.25) is 14.6 Å². The SMILES string of the molecule is Cc1ccc(CN2CCC(N3CCCC(C(=O)NC4CC4)C3)CC2)c(F)c1. The van der Waals surface area contributed by atoms with E-state index < -0.39 is 0 Å². The van der Waals surface area contributed by atoms with E-state index in [0.29, 0.717) is 18.6 Å². The number of halogens is 1. The molecule has 1 unspecified atom stereocenters. The van der Waals surface area contributed by atoms with Gasteiger partial charge in [-0.2, -0.15) is 0 Å². The third kappa shape index (κ3) is 4.88. The van der Waals surface area contributed by atoms with Gasteiger partial charge in [0.05, 0.1) is 5.92 Å². The van der Waals surface area contributed by atoms with Gasteiger partial charge < -0.3 is 5.32 Å². The van der Waals surface area contributed by atoms with Crippen molar-refractivity contribution >= 4 is 5.91 Å². The summed E-state index contributed by atoms with van der Waals surface area (Å²) < 4.78 is 14.1. The molecule has 4 nitrogen and oxygen atoms in total. The highest BCUT2D eigenvalue weighted by Crippen LogP contribution is 2.26. The molecule has 1 atom stereocenters. The van der Waals surface area contributed by atoms with Gasteiger partial charge in [-0.1, -0.05) is 12.1 Å². The average molecular weight is 374 g/mol. The molecule has 27 heavy (non-hydrogen) atoms. The fourth-order valence-electron chi connectivity index (χ4n) is 4.56. The zero-order valence-electron chi connectivity index (χ0n) is 16.4. The molecule has 0 bridgehead atoms. The average Bonchev–Trinajstić information content (AvgIpc) is 3.49. The number of piperidine rings is 2. The van der Waals surface area contributed by atoms with Crippen LogP contribution in [-0.2, 0) is 11.3 Å². The largest absolute Gasteiger partial charge is 0.353 e. The third-order valence-corrected chi connectivity index (χ3v) is 6.42. The second kappa shape index (κ2) is 8.27. The number of hydrogen-bond acceptors (Lipinski definition) is 3. The number of likely N-dealkylation sites (tertiary alicyclic amines) is 2. The monoisotopic (exact) mass is 373 g/mol. The minimum atomic E-state index is -0.0855. The van der Waals surface area contributed by atoms with Crippen molar-refractivity contribution in [1.82, 2.24) is 15.1 Å². The number of rotatable bonds is 5. The Labute approximate surface area is 162 Å². The first-order chi connectivity index (χ1) is 13.1. The van der Waals surface area contributed by atoms with E-state index in [-0.39, 0.29) is 17.6 Å². The summed E-state index contributed by atoms with van der Waals surface area (Å²) in [5, 5.41) is 3.18. The summed E-state index contributed by atoms with van der Waals surface area (Å²) in [5.74, 6) is 0.353. The molecule has 0 radical (unpaired) electrons. The van der Waals surface area contributed by atoms with Crippen molar-refractivity contribution in [3.05, 3.63) is 35.1 Å². The highest BCUT2D eigenvalue weighted by atomic mass is 19.1. The number of hydrogen-bond donors (Lipinski definition) is 1. The normalized spacial score (nSPS) is 25.5. The maximum absolute atomic E-state index is 14.1. The van der Waals surface area contributed by atoms with Gasteiger partial charge in [-0.05, 0) is 76.7 Å². The summed E-state index contributed by atoms with van der Waals surface area (Å²) in [6.07, 6.45) is 6.69. The Bertz CT molecular complexity index is 668. The highest BCUT2D eigenvalue weighted by molar-refractivity contribution is 5.79. The van der Waals surface area contributed by atoms with Gasteiger partial charge in [0, 0.05) is 30.7 Å². The van der Waals surface area contributed by atoms with E-state index in [0.717, 1.165) is 75.8 Å². The maximum Gasteiger partial charge on any atom is 0.224 e. The topological polar surface area (TPSA) is 35.6 Å². The lowest BCUT2D eigenvalue weighted by Crippen LogP contribution is -2.50. The van der Waals surface area contributed by atoms with Crippen LogP contribution in [0.15, 0.2) is 18.2 Å². The second-order valence-corrected chi connectivity index (χ2v) is 8.72. The Kier molecular flexibility index (Phi) is 5.79. The zero-order chi connectivity index (χ0) is 18.8.